The van der Waals surface area contributed by atoms with Gasteiger partial charge in [0.25, 0.3) is 0 Å². The predicted octanol–water partition coefficient (Wildman–Crippen LogP) is -1.47. The van der Waals surface area contributed by atoms with Crippen LogP contribution in [0.3, 0.4) is 0 Å². The molecule has 7 heteroatoms. The molecule has 16 heavy (non-hydrogen) atoms. The average Bonchev–Trinajstić information content (AvgIpc) is 2.76. The topological polar surface area (TPSA) is 100 Å². The molecule has 1 atom stereocenters. The van der Waals surface area contributed by atoms with Crippen molar-refractivity contribution in [3.63, 3.8) is 0 Å². The molecular weight excluding hydrogens is 212 g/mol. The molecule has 0 radical (unpaired) electrons. The van der Waals surface area contributed by atoms with Gasteiger partial charge in [0.15, 0.2) is 0 Å². The zero-order valence-electron chi connectivity index (χ0n) is 9.13. The van der Waals surface area contributed by atoms with Gasteiger partial charge in [-0.3, -0.25) is 9.48 Å². The number of aliphatic hydroxyl groups is 2. The van der Waals surface area contributed by atoms with Crippen LogP contribution in [0.2, 0.25) is 0 Å². The van der Waals surface area contributed by atoms with E-state index in [0.29, 0.717) is 6.54 Å². The molecule has 90 valence electrons. The summed E-state index contributed by atoms with van der Waals surface area (Å²) < 4.78 is 1.55. The SMILES string of the molecule is CC(O)(CO)CNC(=O)CCn1cncn1. The predicted molar refractivity (Wildman–Crippen MR) is 55.4 cm³/mol. The molecule has 0 fully saturated rings. The van der Waals surface area contributed by atoms with Gasteiger partial charge in [-0.05, 0) is 6.92 Å². The third-order valence-electron chi connectivity index (χ3n) is 2.04. The van der Waals surface area contributed by atoms with Crippen LogP contribution in [-0.2, 0) is 11.3 Å². The second-order valence-corrected chi connectivity index (χ2v) is 3.84. The van der Waals surface area contributed by atoms with Crippen molar-refractivity contribution in [2.45, 2.75) is 25.5 Å². The van der Waals surface area contributed by atoms with Crippen LogP contribution in [0, 0.1) is 0 Å². The molecule has 0 aliphatic heterocycles. The van der Waals surface area contributed by atoms with Crippen LogP contribution in [0.15, 0.2) is 12.7 Å². The molecule has 7 nitrogen and oxygen atoms in total. The van der Waals surface area contributed by atoms with Crippen molar-refractivity contribution < 1.29 is 15.0 Å². The Bertz CT molecular complexity index is 324. The van der Waals surface area contributed by atoms with E-state index in [-0.39, 0.29) is 18.9 Å². The Morgan fingerprint density at radius 3 is 2.94 bits per heavy atom. The molecular formula is C9H16N4O3. The summed E-state index contributed by atoms with van der Waals surface area (Å²) in [5.41, 5.74) is -1.27. The van der Waals surface area contributed by atoms with E-state index >= 15 is 0 Å². The van der Waals surface area contributed by atoms with Crippen molar-refractivity contribution in [3.8, 4) is 0 Å². The van der Waals surface area contributed by atoms with Gasteiger partial charge >= 0.3 is 0 Å². The number of rotatable bonds is 6. The van der Waals surface area contributed by atoms with Crippen LogP contribution in [0.5, 0.6) is 0 Å². The zero-order chi connectivity index (χ0) is 12.0. The Morgan fingerprint density at radius 1 is 1.62 bits per heavy atom. The first-order chi connectivity index (χ1) is 7.53. The van der Waals surface area contributed by atoms with Gasteiger partial charge in [0, 0.05) is 13.0 Å². The van der Waals surface area contributed by atoms with E-state index in [1.807, 2.05) is 0 Å². The fraction of sp³-hybridized carbons (Fsp3) is 0.667. The summed E-state index contributed by atoms with van der Waals surface area (Å²) in [6, 6.07) is 0. The lowest BCUT2D eigenvalue weighted by Crippen LogP contribution is -2.43. The van der Waals surface area contributed by atoms with Gasteiger partial charge in [0.2, 0.25) is 5.91 Å². The second kappa shape index (κ2) is 5.57. The smallest absolute Gasteiger partial charge is 0.221 e. The highest BCUT2D eigenvalue weighted by atomic mass is 16.3. The third-order valence-corrected chi connectivity index (χ3v) is 2.04. The van der Waals surface area contributed by atoms with Crippen LogP contribution in [0.4, 0.5) is 0 Å². The summed E-state index contributed by atoms with van der Waals surface area (Å²) in [5.74, 6) is -0.204. The fourth-order valence-electron chi connectivity index (χ4n) is 0.998. The van der Waals surface area contributed by atoms with Crippen molar-refractivity contribution in [2.75, 3.05) is 13.2 Å². The zero-order valence-corrected chi connectivity index (χ0v) is 9.13. The van der Waals surface area contributed by atoms with Gasteiger partial charge in [0.1, 0.15) is 18.3 Å². The molecule has 1 aromatic heterocycles. The van der Waals surface area contributed by atoms with Crippen LogP contribution < -0.4 is 5.32 Å². The number of aryl methyl sites for hydroxylation is 1. The summed E-state index contributed by atoms with van der Waals surface area (Å²) >= 11 is 0. The quantitative estimate of drug-likeness (QED) is 0.552. The van der Waals surface area contributed by atoms with Crippen LogP contribution in [-0.4, -0.2) is 49.6 Å². The maximum Gasteiger partial charge on any atom is 0.221 e. The first kappa shape index (κ1) is 12.6. The normalized spacial score (nSPS) is 14.4. The van der Waals surface area contributed by atoms with Gasteiger partial charge in [-0.2, -0.15) is 5.10 Å². The monoisotopic (exact) mass is 228 g/mol. The van der Waals surface area contributed by atoms with Crippen molar-refractivity contribution in [2.24, 2.45) is 0 Å². The Labute approximate surface area is 93.1 Å². The number of nitrogens with one attached hydrogen (secondary N) is 1. The molecule has 1 unspecified atom stereocenters. The standard InChI is InChI=1S/C9H16N4O3/c1-9(16,5-14)4-11-8(15)2-3-13-7-10-6-12-13/h6-7,14,16H,2-5H2,1H3,(H,11,15). The molecule has 1 aromatic rings. The highest BCUT2D eigenvalue weighted by Gasteiger charge is 2.19. The Hall–Kier alpha value is -1.47. The molecule has 0 aliphatic carbocycles. The average molecular weight is 228 g/mol. The molecule has 0 spiro atoms. The number of carbonyl (C=O) groups excluding carboxylic acids is 1. The van der Waals surface area contributed by atoms with E-state index in [9.17, 15) is 9.90 Å². The second-order valence-electron chi connectivity index (χ2n) is 3.84. The summed E-state index contributed by atoms with van der Waals surface area (Å²) in [6.07, 6.45) is 3.18. The maximum absolute atomic E-state index is 11.3. The molecule has 1 rings (SSSR count). The number of amides is 1. The summed E-state index contributed by atoms with van der Waals surface area (Å²) in [7, 11) is 0. The van der Waals surface area contributed by atoms with E-state index in [1.54, 1.807) is 4.68 Å². The first-order valence-electron chi connectivity index (χ1n) is 4.96. The Kier molecular flexibility index (Phi) is 4.39. The van der Waals surface area contributed by atoms with Gasteiger partial charge in [-0.15, -0.1) is 0 Å². The fourth-order valence-corrected chi connectivity index (χ4v) is 0.998. The van der Waals surface area contributed by atoms with Gasteiger partial charge in [-0.1, -0.05) is 0 Å². The third kappa shape index (κ3) is 4.37. The lowest BCUT2D eigenvalue weighted by molar-refractivity contribution is -0.122. The van der Waals surface area contributed by atoms with Gasteiger partial charge in [0.05, 0.1) is 13.2 Å². The molecule has 3 N–H and O–H groups in total. The summed E-state index contributed by atoms with van der Waals surface area (Å²) in [4.78, 5) is 15.1. The minimum Gasteiger partial charge on any atom is -0.393 e. The number of nitrogens with zero attached hydrogens (tertiary/aromatic N) is 3. The Morgan fingerprint density at radius 2 is 2.38 bits per heavy atom. The number of aromatic nitrogens is 3. The number of hydrogen-bond donors (Lipinski definition) is 3. The highest BCUT2D eigenvalue weighted by molar-refractivity contribution is 5.75. The molecule has 0 saturated carbocycles. The van der Waals surface area contributed by atoms with E-state index in [1.165, 1.54) is 19.6 Å². The van der Waals surface area contributed by atoms with Crippen LogP contribution in [0.1, 0.15) is 13.3 Å². The van der Waals surface area contributed by atoms with Crippen LogP contribution in [0.25, 0.3) is 0 Å². The van der Waals surface area contributed by atoms with E-state index in [0.717, 1.165) is 0 Å². The van der Waals surface area contributed by atoms with Crippen molar-refractivity contribution in [1.82, 2.24) is 20.1 Å². The molecule has 0 aromatic carbocycles. The van der Waals surface area contributed by atoms with Gasteiger partial charge < -0.3 is 15.5 Å². The first-order valence-corrected chi connectivity index (χ1v) is 4.96. The Balaban J connectivity index is 2.21. The highest BCUT2D eigenvalue weighted by Crippen LogP contribution is 1.98. The minimum atomic E-state index is -1.27. The number of aliphatic hydroxyl groups excluding tert-OH is 1. The number of hydrogen-bond acceptors (Lipinski definition) is 5. The van der Waals surface area contributed by atoms with Crippen molar-refractivity contribution >= 4 is 5.91 Å². The van der Waals surface area contributed by atoms with Gasteiger partial charge in [-0.25, -0.2) is 4.98 Å². The van der Waals surface area contributed by atoms with Crippen LogP contribution >= 0.6 is 0 Å². The lowest BCUT2D eigenvalue weighted by atomic mass is 10.1. The van der Waals surface area contributed by atoms with E-state index in [4.69, 9.17) is 5.11 Å². The molecule has 0 aliphatic rings. The number of carbonyl (C=O) groups is 1. The largest absolute Gasteiger partial charge is 0.393 e. The summed E-state index contributed by atoms with van der Waals surface area (Å²) in [6.45, 7) is 1.52. The molecule has 1 heterocycles. The van der Waals surface area contributed by atoms with E-state index < -0.39 is 12.2 Å². The lowest BCUT2D eigenvalue weighted by Gasteiger charge is -2.20. The van der Waals surface area contributed by atoms with Crippen molar-refractivity contribution in [3.05, 3.63) is 12.7 Å². The molecule has 0 saturated heterocycles. The van der Waals surface area contributed by atoms with Crippen molar-refractivity contribution in [1.29, 1.82) is 0 Å². The molecule has 0 bridgehead atoms. The molecule has 1 amide bonds. The summed E-state index contributed by atoms with van der Waals surface area (Å²) in [5, 5.41) is 24.6. The minimum absolute atomic E-state index is 0.0275. The van der Waals surface area contributed by atoms with E-state index in [2.05, 4.69) is 15.4 Å². The maximum atomic E-state index is 11.3.